The van der Waals surface area contributed by atoms with Crippen molar-refractivity contribution < 1.29 is 9.21 Å². The van der Waals surface area contributed by atoms with Gasteiger partial charge in [-0.3, -0.25) is 4.79 Å². The molecule has 0 atom stereocenters. The van der Waals surface area contributed by atoms with Crippen molar-refractivity contribution in [2.45, 2.75) is 5.22 Å². The third kappa shape index (κ3) is 4.22. The first kappa shape index (κ1) is 19.1. The number of nitrogens with one attached hydrogen (secondary N) is 1. The lowest BCUT2D eigenvalue weighted by Crippen LogP contribution is -2.16. The summed E-state index contributed by atoms with van der Waals surface area (Å²) in [6.45, 7) is 0. The lowest BCUT2D eigenvalue weighted by molar-refractivity contribution is -0.113. The fourth-order valence-electron chi connectivity index (χ4n) is 3.21. The van der Waals surface area contributed by atoms with Crippen LogP contribution in [0.4, 0.5) is 5.82 Å². The van der Waals surface area contributed by atoms with Gasteiger partial charge in [0.2, 0.25) is 5.91 Å². The van der Waals surface area contributed by atoms with Gasteiger partial charge in [-0.2, -0.15) is 5.10 Å². The van der Waals surface area contributed by atoms with E-state index in [2.05, 4.69) is 10.3 Å². The Morgan fingerprint density at radius 1 is 0.935 bits per heavy atom. The summed E-state index contributed by atoms with van der Waals surface area (Å²) in [4.78, 5) is 17.1. The normalized spacial score (nSPS) is 11.0. The summed E-state index contributed by atoms with van der Waals surface area (Å²) in [7, 11) is 0. The molecule has 6 nitrogen and oxygen atoms in total. The van der Waals surface area contributed by atoms with Gasteiger partial charge in [-0.25, -0.2) is 9.67 Å². The SMILES string of the molecule is O=C(CSc1nc2ccccc2o1)Nc1cc(-c2ccccc2)nn1-c1ccccc1. The van der Waals surface area contributed by atoms with Crippen LogP contribution in [0, 0.1) is 0 Å². The van der Waals surface area contributed by atoms with E-state index in [1.165, 1.54) is 11.8 Å². The number of hydrogen-bond acceptors (Lipinski definition) is 5. The monoisotopic (exact) mass is 426 g/mol. The molecule has 3 aromatic carbocycles. The Balaban J connectivity index is 1.37. The van der Waals surface area contributed by atoms with Crippen LogP contribution in [0.15, 0.2) is 101 Å². The van der Waals surface area contributed by atoms with Gasteiger partial charge in [0.25, 0.3) is 5.22 Å². The molecule has 31 heavy (non-hydrogen) atoms. The Labute approximate surface area is 182 Å². The Hall–Kier alpha value is -3.84. The number of hydrogen-bond donors (Lipinski definition) is 1. The first-order valence-electron chi connectivity index (χ1n) is 9.75. The fourth-order valence-corrected chi connectivity index (χ4v) is 3.84. The van der Waals surface area contributed by atoms with Crippen molar-refractivity contribution in [1.29, 1.82) is 0 Å². The van der Waals surface area contributed by atoms with Crippen molar-refractivity contribution in [2.75, 3.05) is 11.1 Å². The smallest absolute Gasteiger partial charge is 0.257 e. The Bertz CT molecular complexity index is 1300. The van der Waals surface area contributed by atoms with Crippen LogP contribution in [0.1, 0.15) is 0 Å². The van der Waals surface area contributed by atoms with Gasteiger partial charge >= 0.3 is 0 Å². The molecule has 152 valence electrons. The Kier molecular flexibility index (Phi) is 5.24. The van der Waals surface area contributed by atoms with Crippen LogP contribution in [-0.2, 0) is 4.79 Å². The number of benzene rings is 3. The molecule has 0 aliphatic heterocycles. The van der Waals surface area contributed by atoms with Gasteiger partial charge in [0, 0.05) is 11.6 Å². The molecule has 0 radical (unpaired) electrons. The maximum Gasteiger partial charge on any atom is 0.257 e. The zero-order valence-electron chi connectivity index (χ0n) is 16.4. The molecule has 5 rings (SSSR count). The van der Waals surface area contributed by atoms with E-state index in [0.29, 0.717) is 16.6 Å². The second-order valence-electron chi connectivity index (χ2n) is 6.81. The van der Waals surface area contributed by atoms with Crippen LogP contribution in [-0.4, -0.2) is 26.4 Å². The number of carbonyl (C=O) groups excluding carboxylic acids is 1. The van der Waals surface area contributed by atoms with Crippen LogP contribution in [0.5, 0.6) is 0 Å². The van der Waals surface area contributed by atoms with Gasteiger partial charge in [-0.05, 0) is 24.3 Å². The summed E-state index contributed by atoms with van der Waals surface area (Å²) in [6, 6.07) is 29.0. The van der Waals surface area contributed by atoms with Crippen molar-refractivity contribution in [3.05, 3.63) is 91.0 Å². The number of thioether (sulfide) groups is 1. The van der Waals surface area contributed by atoms with Crippen molar-refractivity contribution >= 4 is 34.6 Å². The first-order chi connectivity index (χ1) is 15.3. The molecule has 2 heterocycles. The quantitative estimate of drug-likeness (QED) is 0.368. The molecule has 0 aliphatic rings. The number of carbonyl (C=O) groups is 1. The minimum absolute atomic E-state index is 0.163. The van der Waals surface area contributed by atoms with Gasteiger partial charge in [0.05, 0.1) is 17.1 Å². The van der Waals surface area contributed by atoms with E-state index in [1.54, 1.807) is 4.68 Å². The van der Waals surface area contributed by atoms with Crippen LogP contribution in [0.3, 0.4) is 0 Å². The number of nitrogens with zero attached hydrogens (tertiary/aromatic N) is 3. The lowest BCUT2D eigenvalue weighted by atomic mass is 10.2. The molecule has 1 amide bonds. The highest BCUT2D eigenvalue weighted by Crippen LogP contribution is 2.26. The molecular formula is C24H18N4O2S. The summed E-state index contributed by atoms with van der Waals surface area (Å²) in [5.74, 6) is 0.616. The topological polar surface area (TPSA) is 73.0 Å². The second kappa shape index (κ2) is 8.49. The number of oxazole rings is 1. The molecule has 0 spiro atoms. The van der Waals surface area contributed by atoms with E-state index in [0.717, 1.165) is 22.5 Å². The van der Waals surface area contributed by atoms with Gasteiger partial charge in [0.1, 0.15) is 11.3 Å². The summed E-state index contributed by atoms with van der Waals surface area (Å²) in [5.41, 5.74) is 4.12. The van der Waals surface area contributed by atoms with Gasteiger partial charge in [0.15, 0.2) is 5.58 Å². The molecule has 0 aliphatic carbocycles. The van der Waals surface area contributed by atoms with E-state index in [4.69, 9.17) is 9.52 Å². The predicted molar refractivity (Wildman–Crippen MR) is 122 cm³/mol. The number of para-hydroxylation sites is 3. The van der Waals surface area contributed by atoms with Crippen LogP contribution >= 0.6 is 11.8 Å². The average molecular weight is 427 g/mol. The Morgan fingerprint density at radius 2 is 1.65 bits per heavy atom. The van der Waals surface area contributed by atoms with Gasteiger partial charge < -0.3 is 9.73 Å². The van der Waals surface area contributed by atoms with E-state index < -0.39 is 0 Å². The fraction of sp³-hybridized carbons (Fsp3) is 0.0417. The van der Waals surface area contributed by atoms with Crippen LogP contribution < -0.4 is 5.32 Å². The van der Waals surface area contributed by atoms with Gasteiger partial charge in [-0.1, -0.05) is 72.4 Å². The second-order valence-corrected chi connectivity index (χ2v) is 7.74. The Morgan fingerprint density at radius 3 is 2.42 bits per heavy atom. The van der Waals surface area contributed by atoms with Crippen LogP contribution in [0.2, 0.25) is 0 Å². The zero-order chi connectivity index (χ0) is 21.0. The number of anilines is 1. The van der Waals surface area contributed by atoms with E-state index in [-0.39, 0.29) is 11.7 Å². The maximum absolute atomic E-state index is 12.7. The van der Waals surface area contributed by atoms with Crippen LogP contribution in [0.25, 0.3) is 28.0 Å². The molecule has 0 unspecified atom stereocenters. The standard InChI is InChI=1S/C24H18N4O2S/c29-23(16-31-24-25-19-13-7-8-14-21(19)30-24)26-22-15-20(17-9-3-1-4-10-17)27-28(22)18-11-5-2-6-12-18/h1-15H,16H2,(H,26,29). The third-order valence-corrected chi connectivity index (χ3v) is 5.48. The van der Waals surface area contributed by atoms with Crippen molar-refractivity contribution in [3.8, 4) is 16.9 Å². The molecule has 0 saturated carbocycles. The van der Waals surface area contributed by atoms with Crippen molar-refractivity contribution in [2.24, 2.45) is 0 Å². The third-order valence-electron chi connectivity index (χ3n) is 4.65. The minimum atomic E-state index is -0.163. The largest absolute Gasteiger partial charge is 0.431 e. The van der Waals surface area contributed by atoms with Crippen molar-refractivity contribution in [1.82, 2.24) is 14.8 Å². The summed E-state index contributed by atoms with van der Waals surface area (Å²) < 4.78 is 7.42. The highest BCUT2D eigenvalue weighted by atomic mass is 32.2. The predicted octanol–water partition coefficient (Wildman–Crippen LogP) is 5.41. The molecular weight excluding hydrogens is 408 g/mol. The molecule has 0 bridgehead atoms. The molecule has 0 fully saturated rings. The highest BCUT2D eigenvalue weighted by Gasteiger charge is 2.15. The number of fused-ring (bicyclic) bond motifs is 1. The van der Waals surface area contributed by atoms with Crippen molar-refractivity contribution in [3.63, 3.8) is 0 Å². The molecule has 1 N–H and O–H groups in total. The maximum atomic E-state index is 12.7. The number of amides is 1. The molecule has 5 aromatic rings. The molecule has 0 saturated heterocycles. The first-order valence-corrected chi connectivity index (χ1v) is 10.7. The summed E-state index contributed by atoms with van der Waals surface area (Å²) in [5, 5.41) is 8.16. The molecule has 7 heteroatoms. The van der Waals surface area contributed by atoms with E-state index >= 15 is 0 Å². The lowest BCUT2D eigenvalue weighted by Gasteiger charge is -2.08. The molecule has 2 aromatic heterocycles. The van der Waals surface area contributed by atoms with Gasteiger partial charge in [-0.15, -0.1) is 0 Å². The highest BCUT2D eigenvalue weighted by molar-refractivity contribution is 7.99. The average Bonchev–Trinajstić information content (AvgIpc) is 3.43. The number of aromatic nitrogens is 3. The van der Waals surface area contributed by atoms with E-state index in [9.17, 15) is 4.79 Å². The minimum Gasteiger partial charge on any atom is -0.431 e. The summed E-state index contributed by atoms with van der Waals surface area (Å²) >= 11 is 1.26. The zero-order valence-corrected chi connectivity index (χ0v) is 17.3. The van der Waals surface area contributed by atoms with E-state index in [1.807, 2.05) is 91.0 Å². The number of rotatable bonds is 6. The summed E-state index contributed by atoms with van der Waals surface area (Å²) in [6.07, 6.45) is 0.